The van der Waals surface area contributed by atoms with Crippen molar-refractivity contribution in [2.24, 2.45) is 7.05 Å². The molecule has 3 heterocycles. The zero-order chi connectivity index (χ0) is 16.6. The van der Waals surface area contributed by atoms with E-state index < -0.39 is 10.0 Å². The number of imidazole rings is 1. The van der Waals surface area contributed by atoms with Crippen molar-refractivity contribution in [2.75, 3.05) is 26.2 Å². The summed E-state index contributed by atoms with van der Waals surface area (Å²) in [4.78, 5) is 7.46. The molecule has 1 saturated heterocycles. The van der Waals surface area contributed by atoms with Gasteiger partial charge < -0.3 is 4.57 Å². The second-order valence-electron chi connectivity index (χ2n) is 5.34. The third-order valence-corrected chi connectivity index (χ3v) is 7.76. The Kier molecular flexibility index (Phi) is 5.15. The first-order valence-electron chi connectivity index (χ1n) is 7.01. The van der Waals surface area contributed by atoms with Gasteiger partial charge in [-0.2, -0.15) is 4.31 Å². The molecule has 0 atom stereocenters. The smallest absolute Gasteiger partial charge is 0.263 e. The van der Waals surface area contributed by atoms with Crippen LogP contribution in [-0.2, 0) is 23.6 Å². The van der Waals surface area contributed by atoms with Gasteiger partial charge in [-0.1, -0.05) is 11.6 Å². The lowest BCUT2D eigenvalue weighted by Crippen LogP contribution is -2.48. The molecule has 0 aliphatic carbocycles. The first-order valence-corrected chi connectivity index (χ1v) is 10.4. The molecule has 0 radical (unpaired) electrons. The molecule has 10 heteroatoms. The van der Waals surface area contributed by atoms with Crippen molar-refractivity contribution in [1.29, 1.82) is 0 Å². The van der Waals surface area contributed by atoms with Crippen LogP contribution in [0.1, 0.15) is 4.88 Å². The Labute approximate surface area is 152 Å². The van der Waals surface area contributed by atoms with Gasteiger partial charge in [0.25, 0.3) is 10.0 Å². The topological polar surface area (TPSA) is 58.4 Å². The Morgan fingerprint density at radius 3 is 2.52 bits per heavy atom. The van der Waals surface area contributed by atoms with E-state index in [1.54, 1.807) is 18.4 Å². The van der Waals surface area contributed by atoms with Gasteiger partial charge in [0.2, 0.25) is 5.03 Å². The van der Waals surface area contributed by atoms with Crippen molar-refractivity contribution >= 4 is 48.9 Å². The predicted molar refractivity (Wildman–Crippen MR) is 94.3 cm³/mol. The van der Waals surface area contributed by atoms with Crippen molar-refractivity contribution in [3.8, 4) is 0 Å². The molecule has 0 spiro atoms. The summed E-state index contributed by atoms with van der Waals surface area (Å²) in [7, 11) is -1.95. The molecule has 1 fully saturated rings. The highest BCUT2D eigenvalue weighted by Gasteiger charge is 2.32. The minimum absolute atomic E-state index is 0.0581. The minimum atomic E-state index is -3.63. The molecular formula is C13H16BrClN4O2S2. The summed E-state index contributed by atoms with van der Waals surface area (Å²) >= 11 is 11.2. The zero-order valence-corrected chi connectivity index (χ0v) is 16.4. The van der Waals surface area contributed by atoms with Gasteiger partial charge in [0, 0.05) is 44.6 Å². The van der Waals surface area contributed by atoms with Gasteiger partial charge in [-0.15, -0.1) is 11.3 Å². The van der Waals surface area contributed by atoms with Crippen molar-refractivity contribution in [2.45, 2.75) is 11.6 Å². The number of aromatic nitrogens is 2. The van der Waals surface area contributed by atoms with E-state index in [-0.39, 0.29) is 10.2 Å². The lowest BCUT2D eigenvalue weighted by Gasteiger charge is -2.33. The van der Waals surface area contributed by atoms with Crippen molar-refractivity contribution < 1.29 is 8.42 Å². The van der Waals surface area contributed by atoms with Gasteiger partial charge >= 0.3 is 0 Å². The summed E-state index contributed by atoms with van der Waals surface area (Å²) in [6, 6.07) is 4.12. The van der Waals surface area contributed by atoms with Crippen molar-refractivity contribution in [3.05, 3.63) is 32.3 Å². The molecule has 1 aliphatic heterocycles. The van der Waals surface area contributed by atoms with Gasteiger partial charge in [0.05, 0.1) is 10.1 Å². The first-order chi connectivity index (χ1) is 10.9. The van der Waals surface area contributed by atoms with Gasteiger partial charge in [-0.05, 0) is 28.1 Å². The average molecular weight is 440 g/mol. The van der Waals surface area contributed by atoms with Gasteiger partial charge in [-0.25, -0.2) is 13.4 Å². The van der Waals surface area contributed by atoms with Crippen molar-refractivity contribution in [3.63, 3.8) is 0 Å². The summed E-state index contributed by atoms with van der Waals surface area (Å²) in [5.74, 6) is 0. The van der Waals surface area contributed by atoms with Gasteiger partial charge in [-0.3, -0.25) is 4.90 Å². The molecule has 0 unspecified atom stereocenters. The van der Waals surface area contributed by atoms with Crippen LogP contribution < -0.4 is 0 Å². The van der Waals surface area contributed by atoms with E-state index >= 15 is 0 Å². The number of halogens is 2. The number of piperazine rings is 1. The van der Waals surface area contributed by atoms with E-state index in [4.69, 9.17) is 11.6 Å². The predicted octanol–water partition coefficient (Wildman–Crippen LogP) is 2.40. The lowest BCUT2D eigenvalue weighted by atomic mass is 10.3. The molecule has 0 amide bonds. The largest absolute Gasteiger partial charge is 0.324 e. The normalized spacial score (nSPS) is 17.7. The maximum atomic E-state index is 12.6. The minimum Gasteiger partial charge on any atom is -0.324 e. The van der Waals surface area contributed by atoms with Crippen LogP contribution >= 0.6 is 38.9 Å². The molecule has 126 valence electrons. The van der Waals surface area contributed by atoms with E-state index in [0.717, 1.165) is 10.3 Å². The highest BCUT2D eigenvalue weighted by atomic mass is 79.9. The quantitative estimate of drug-likeness (QED) is 0.734. The molecule has 1 aliphatic rings. The van der Waals surface area contributed by atoms with E-state index in [2.05, 4.69) is 31.9 Å². The fraction of sp³-hybridized carbons (Fsp3) is 0.462. The monoisotopic (exact) mass is 438 g/mol. The Morgan fingerprint density at radius 1 is 1.30 bits per heavy atom. The van der Waals surface area contributed by atoms with Crippen LogP contribution in [0.15, 0.2) is 27.3 Å². The highest BCUT2D eigenvalue weighted by molar-refractivity contribution is 9.11. The third kappa shape index (κ3) is 3.64. The summed E-state index contributed by atoms with van der Waals surface area (Å²) in [6.45, 7) is 3.12. The van der Waals surface area contributed by atoms with Crippen LogP contribution in [-0.4, -0.2) is 53.4 Å². The third-order valence-electron chi connectivity index (χ3n) is 3.76. The summed E-state index contributed by atoms with van der Waals surface area (Å²) in [6.07, 6.45) is 1.42. The van der Waals surface area contributed by atoms with Gasteiger partial charge in [0.15, 0.2) is 0 Å². The van der Waals surface area contributed by atoms with Crippen LogP contribution in [0.5, 0.6) is 0 Å². The fourth-order valence-corrected chi connectivity index (χ4v) is 5.81. The molecule has 6 nitrogen and oxygen atoms in total. The molecule has 0 aromatic carbocycles. The second-order valence-corrected chi connectivity index (χ2v) is 10.1. The molecule has 0 saturated carbocycles. The van der Waals surface area contributed by atoms with Crippen LogP contribution in [0.3, 0.4) is 0 Å². The average Bonchev–Trinajstić information content (AvgIpc) is 3.07. The molecule has 23 heavy (non-hydrogen) atoms. The summed E-state index contributed by atoms with van der Waals surface area (Å²) in [5.41, 5.74) is 0. The number of hydrogen-bond acceptors (Lipinski definition) is 5. The zero-order valence-electron chi connectivity index (χ0n) is 12.4. The Hall–Kier alpha value is -0.450. The van der Waals surface area contributed by atoms with Crippen LogP contribution in [0, 0.1) is 0 Å². The molecule has 0 N–H and O–H groups in total. The lowest BCUT2D eigenvalue weighted by molar-refractivity contribution is 0.182. The van der Waals surface area contributed by atoms with E-state index in [0.29, 0.717) is 26.2 Å². The summed E-state index contributed by atoms with van der Waals surface area (Å²) < 4.78 is 29.3. The molecule has 2 aromatic rings. The summed E-state index contributed by atoms with van der Waals surface area (Å²) in [5, 5.41) is 0.0909. The maximum Gasteiger partial charge on any atom is 0.263 e. The number of thiophene rings is 1. The standard InChI is InChI=1S/C13H16BrClN4O2S2/c1-17-9-16-13(12(17)15)23(20,21)19-6-4-18(5-7-19)8-10-2-3-11(14)22-10/h2-3,9H,4-8H2,1H3. The number of sulfonamides is 1. The molecule has 0 bridgehead atoms. The SMILES string of the molecule is Cn1cnc(S(=O)(=O)N2CCN(Cc3ccc(Br)s3)CC2)c1Cl. The Balaban J connectivity index is 1.65. The van der Waals surface area contributed by atoms with Crippen LogP contribution in [0.25, 0.3) is 0 Å². The van der Waals surface area contributed by atoms with E-state index in [1.807, 2.05) is 6.07 Å². The fourth-order valence-electron chi connectivity index (χ4n) is 2.47. The second kappa shape index (κ2) is 6.81. The molecule has 3 rings (SSSR count). The number of hydrogen-bond donors (Lipinski definition) is 0. The molecular weight excluding hydrogens is 424 g/mol. The van der Waals surface area contributed by atoms with Gasteiger partial charge in [0.1, 0.15) is 5.15 Å². The number of nitrogens with zero attached hydrogens (tertiary/aromatic N) is 4. The van der Waals surface area contributed by atoms with Crippen LogP contribution in [0.2, 0.25) is 5.15 Å². The van der Waals surface area contributed by atoms with Crippen molar-refractivity contribution in [1.82, 2.24) is 18.8 Å². The molecule has 2 aromatic heterocycles. The number of aryl methyl sites for hydroxylation is 1. The number of rotatable bonds is 4. The Bertz CT molecular complexity index is 797. The highest BCUT2D eigenvalue weighted by Crippen LogP contribution is 2.26. The van der Waals surface area contributed by atoms with E-state index in [1.165, 1.54) is 20.1 Å². The van der Waals surface area contributed by atoms with E-state index in [9.17, 15) is 8.42 Å². The Morgan fingerprint density at radius 2 is 2.00 bits per heavy atom. The maximum absolute atomic E-state index is 12.6. The first kappa shape index (κ1) is 17.4. The van der Waals surface area contributed by atoms with Crippen LogP contribution in [0.4, 0.5) is 0 Å².